The summed E-state index contributed by atoms with van der Waals surface area (Å²) in [5.74, 6) is 0.288. The standard InChI is InChI=1S/C20H20Cl2N2O3S/c21-14-5-3-7-16(20(14)22)27-12-13(25)11-23-18(26)9-4-10-19-24-15-6-1-2-8-17(15)28-19/h1-3,5-8,13,25H,4,9-12H2,(H,23,26). The van der Waals surface area contributed by atoms with Crippen molar-refractivity contribution in [2.24, 2.45) is 0 Å². The Labute approximate surface area is 177 Å². The Morgan fingerprint density at radius 3 is 2.86 bits per heavy atom. The molecule has 0 spiro atoms. The normalized spacial score (nSPS) is 12.1. The van der Waals surface area contributed by atoms with Crippen molar-refractivity contribution in [3.05, 3.63) is 57.5 Å². The molecule has 2 aromatic carbocycles. The number of rotatable bonds is 9. The van der Waals surface area contributed by atoms with E-state index in [2.05, 4.69) is 10.3 Å². The van der Waals surface area contributed by atoms with Crippen molar-refractivity contribution >= 4 is 50.7 Å². The molecule has 0 radical (unpaired) electrons. The van der Waals surface area contributed by atoms with Gasteiger partial charge in [-0.1, -0.05) is 41.4 Å². The van der Waals surface area contributed by atoms with Gasteiger partial charge in [0.2, 0.25) is 5.91 Å². The minimum atomic E-state index is -0.844. The first kappa shape index (κ1) is 20.9. The number of carbonyl (C=O) groups is 1. The van der Waals surface area contributed by atoms with E-state index in [9.17, 15) is 9.90 Å². The van der Waals surface area contributed by atoms with E-state index in [1.807, 2.05) is 24.3 Å². The van der Waals surface area contributed by atoms with E-state index in [-0.39, 0.29) is 19.1 Å². The number of hydrogen-bond acceptors (Lipinski definition) is 5. The number of aliphatic hydroxyl groups is 1. The van der Waals surface area contributed by atoms with Crippen LogP contribution in [0.4, 0.5) is 0 Å². The molecular weight excluding hydrogens is 419 g/mol. The molecule has 2 N–H and O–H groups in total. The van der Waals surface area contributed by atoms with Crippen LogP contribution in [0.5, 0.6) is 5.75 Å². The van der Waals surface area contributed by atoms with Crippen LogP contribution in [0.25, 0.3) is 10.2 Å². The maximum absolute atomic E-state index is 12.0. The van der Waals surface area contributed by atoms with Crippen LogP contribution in [-0.2, 0) is 11.2 Å². The Balaban J connectivity index is 1.35. The highest BCUT2D eigenvalue weighted by molar-refractivity contribution is 7.18. The van der Waals surface area contributed by atoms with Crippen molar-refractivity contribution in [3.63, 3.8) is 0 Å². The highest BCUT2D eigenvalue weighted by Crippen LogP contribution is 2.31. The van der Waals surface area contributed by atoms with E-state index in [0.29, 0.717) is 28.6 Å². The number of halogens is 2. The first-order valence-electron chi connectivity index (χ1n) is 8.89. The second kappa shape index (κ2) is 10.1. The zero-order chi connectivity index (χ0) is 19.9. The summed E-state index contributed by atoms with van der Waals surface area (Å²) in [5.41, 5.74) is 0.995. The molecule has 0 fully saturated rings. The lowest BCUT2D eigenvalue weighted by molar-refractivity contribution is -0.121. The summed E-state index contributed by atoms with van der Waals surface area (Å²) in [6.07, 6.45) is 0.995. The number of thiazole rings is 1. The molecule has 1 heterocycles. The number of hydrogen-bond donors (Lipinski definition) is 2. The second-order valence-electron chi connectivity index (χ2n) is 6.25. The number of aliphatic hydroxyl groups excluding tert-OH is 1. The maximum Gasteiger partial charge on any atom is 0.220 e. The Morgan fingerprint density at radius 2 is 2.04 bits per heavy atom. The largest absolute Gasteiger partial charge is 0.489 e. The van der Waals surface area contributed by atoms with Gasteiger partial charge in [-0.3, -0.25) is 4.79 Å². The van der Waals surface area contributed by atoms with E-state index in [1.54, 1.807) is 29.5 Å². The monoisotopic (exact) mass is 438 g/mol. The van der Waals surface area contributed by atoms with Crippen molar-refractivity contribution in [1.29, 1.82) is 0 Å². The van der Waals surface area contributed by atoms with Crippen LogP contribution in [0, 0.1) is 0 Å². The summed E-state index contributed by atoms with van der Waals surface area (Å²) in [5, 5.41) is 14.4. The third kappa shape index (κ3) is 5.82. The molecule has 3 rings (SSSR count). The summed E-state index contributed by atoms with van der Waals surface area (Å²) >= 11 is 13.6. The maximum atomic E-state index is 12.0. The minimum absolute atomic E-state index is 0.00600. The fourth-order valence-corrected chi connectivity index (χ4v) is 3.94. The van der Waals surface area contributed by atoms with E-state index in [0.717, 1.165) is 21.6 Å². The van der Waals surface area contributed by atoms with Gasteiger partial charge < -0.3 is 15.2 Å². The first-order chi connectivity index (χ1) is 13.5. The minimum Gasteiger partial charge on any atom is -0.489 e. The molecule has 0 aliphatic carbocycles. The molecule has 0 aliphatic heterocycles. The van der Waals surface area contributed by atoms with Gasteiger partial charge in [0.05, 0.1) is 20.2 Å². The molecule has 1 amide bonds. The predicted octanol–water partition coefficient (Wildman–Crippen LogP) is 4.48. The lowest BCUT2D eigenvalue weighted by atomic mass is 10.2. The summed E-state index contributed by atoms with van der Waals surface area (Å²) in [7, 11) is 0. The molecular formula is C20H20Cl2N2O3S. The number of amides is 1. The SMILES string of the molecule is O=C(CCCc1nc2ccccc2s1)NCC(O)COc1cccc(Cl)c1Cl. The van der Waals surface area contributed by atoms with Gasteiger partial charge in [-0.25, -0.2) is 4.98 Å². The van der Waals surface area contributed by atoms with E-state index >= 15 is 0 Å². The van der Waals surface area contributed by atoms with Crippen molar-refractivity contribution in [2.45, 2.75) is 25.4 Å². The topological polar surface area (TPSA) is 71.5 Å². The van der Waals surface area contributed by atoms with Crippen molar-refractivity contribution in [1.82, 2.24) is 10.3 Å². The van der Waals surface area contributed by atoms with Crippen LogP contribution in [0.2, 0.25) is 10.0 Å². The smallest absolute Gasteiger partial charge is 0.220 e. The Morgan fingerprint density at radius 1 is 1.21 bits per heavy atom. The third-order valence-electron chi connectivity index (χ3n) is 4.01. The van der Waals surface area contributed by atoms with Gasteiger partial charge in [0.1, 0.15) is 23.5 Å². The summed E-state index contributed by atoms with van der Waals surface area (Å²) < 4.78 is 6.61. The molecule has 148 valence electrons. The Kier molecular flexibility index (Phi) is 7.50. The lowest BCUT2D eigenvalue weighted by Crippen LogP contribution is -2.35. The van der Waals surface area contributed by atoms with Crippen LogP contribution in [-0.4, -0.2) is 35.3 Å². The average Bonchev–Trinajstić information content (AvgIpc) is 3.10. The van der Waals surface area contributed by atoms with E-state index in [4.69, 9.17) is 27.9 Å². The van der Waals surface area contributed by atoms with Gasteiger partial charge in [0.25, 0.3) is 0 Å². The molecule has 0 aliphatic rings. The fraction of sp³-hybridized carbons (Fsp3) is 0.300. The van der Waals surface area contributed by atoms with Crippen LogP contribution in [0.15, 0.2) is 42.5 Å². The zero-order valence-corrected chi connectivity index (χ0v) is 17.4. The van der Waals surface area contributed by atoms with Gasteiger partial charge in [-0.15, -0.1) is 11.3 Å². The molecule has 1 aromatic heterocycles. The number of aromatic nitrogens is 1. The Hall–Kier alpha value is -1.86. The third-order valence-corrected chi connectivity index (χ3v) is 5.91. The number of para-hydroxylation sites is 1. The highest BCUT2D eigenvalue weighted by atomic mass is 35.5. The molecule has 0 saturated heterocycles. The molecule has 0 saturated carbocycles. The first-order valence-corrected chi connectivity index (χ1v) is 10.5. The van der Waals surface area contributed by atoms with Gasteiger partial charge in [-0.05, 0) is 37.1 Å². The number of benzene rings is 2. The number of fused-ring (bicyclic) bond motifs is 1. The van der Waals surface area contributed by atoms with Crippen molar-refractivity contribution in [3.8, 4) is 5.75 Å². The van der Waals surface area contributed by atoms with Crippen molar-refractivity contribution < 1.29 is 14.6 Å². The molecule has 28 heavy (non-hydrogen) atoms. The molecule has 5 nitrogen and oxygen atoms in total. The van der Waals surface area contributed by atoms with Crippen LogP contribution in [0.3, 0.4) is 0 Å². The van der Waals surface area contributed by atoms with E-state index < -0.39 is 6.10 Å². The zero-order valence-electron chi connectivity index (χ0n) is 15.0. The fourth-order valence-electron chi connectivity index (χ4n) is 2.59. The summed E-state index contributed by atoms with van der Waals surface area (Å²) in [6, 6.07) is 13.0. The Bertz CT molecular complexity index is 915. The molecule has 3 aromatic rings. The summed E-state index contributed by atoms with van der Waals surface area (Å²) in [4.78, 5) is 16.5. The van der Waals surface area contributed by atoms with E-state index in [1.165, 1.54) is 0 Å². The lowest BCUT2D eigenvalue weighted by Gasteiger charge is -2.14. The van der Waals surface area contributed by atoms with Crippen molar-refractivity contribution in [2.75, 3.05) is 13.2 Å². The molecule has 1 unspecified atom stereocenters. The molecule has 0 bridgehead atoms. The second-order valence-corrected chi connectivity index (χ2v) is 8.15. The number of ether oxygens (including phenoxy) is 1. The number of aryl methyl sites for hydroxylation is 1. The summed E-state index contributed by atoms with van der Waals surface area (Å²) in [6.45, 7) is 0.115. The van der Waals surface area contributed by atoms with Crippen LogP contribution < -0.4 is 10.1 Å². The van der Waals surface area contributed by atoms with Crippen LogP contribution >= 0.6 is 34.5 Å². The molecule has 8 heteroatoms. The quantitative estimate of drug-likeness (QED) is 0.516. The average molecular weight is 439 g/mol. The van der Waals surface area contributed by atoms with Gasteiger partial charge >= 0.3 is 0 Å². The number of carbonyl (C=O) groups excluding carboxylic acids is 1. The van der Waals surface area contributed by atoms with Gasteiger partial charge in [0, 0.05) is 13.0 Å². The van der Waals surface area contributed by atoms with Gasteiger partial charge in [-0.2, -0.15) is 0 Å². The number of nitrogens with one attached hydrogen (secondary N) is 1. The van der Waals surface area contributed by atoms with Gasteiger partial charge in [0.15, 0.2) is 0 Å². The number of nitrogens with zero attached hydrogens (tertiary/aromatic N) is 1. The highest BCUT2D eigenvalue weighted by Gasteiger charge is 2.11. The molecule has 1 atom stereocenters. The van der Waals surface area contributed by atoms with Crippen LogP contribution in [0.1, 0.15) is 17.8 Å². The predicted molar refractivity (Wildman–Crippen MR) is 114 cm³/mol.